The molecule has 9 aromatic rings. The molecule has 1 nitrogen and oxygen atoms in total. The van der Waals surface area contributed by atoms with Gasteiger partial charge in [0, 0.05) is 27.5 Å². The molecule has 0 unspecified atom stereocenters. The first-order chi connectivity index (χ1) is 28.8. The lowest BCUT2D eigenvalue weighted by Crippen LogP contribution is -2.16. The normalized spacial score (nSPS) is 14.0. The Morgan fingerprint density at radius 1 is 0.288 bits per heavy atom. The quantitative estimate of drug-likeness (QED) is 0.163. The molecule has 0 aromatic heterocycles. The van der Waals surface area contributed by atoms with E-state index in [1.807, 2.05) is 0 Å². The van der Waals surface area contributed by atoms with Gasteiger partial charge in [-0.05, 0) is 90.2 Å². The summed E-state index contributed by atoms with van der Waals surface area (Å²) in [5, 5.41) is 2.48. The van der Waals surface area contributed by atoms with E-state index in [1.54, 1.807) is 0 Å². The Morgan fingerprint density at radius 2 is 0.695 bits per heavy atom. The minimum atomic E-state index is -0.150. The third-order valence-corrected chi connectivity index (χ3v) is 13.3. The van der Waals surface area contributed by atoms with Crippen LogP contribution in [0.5, 0.6) is 0 Å². The molecule has 2 aliphatic rings. The smallest absolute Gasteiger partial charge is 0.0543 e. The fourth-order valence-corrected chi connectivity index (χ4v) is 10.5. The largest absolute Gasteiger partial charge is 0.309 e. The summed E-state index contributed by atoms with van der Waals surface area (Å²) in [5.74, 6) is 0. The molecule has 2 aliphatic carbocycles. The zero-order valence-electron chi connectivity index (χ0n) is 34.0. The minimum absolute atomic E-state index is 0.108. The van der Waals surface area contributed by atoms with Gasteiger partial charge in [-0.1, -0.05) is 210 Å². The molecule has 0 amide bonds. The van der Waals surface area contributed by atoms with Crippen LogP contribution in [0.4, 0.5) is 17.1 Å². The van der Waals surface area contributed by atoms with Crippen molar-refractivity contribution in [1.82, 2.24) is 0 Å². The van der Waals surface area contributed by atoms with Crippen molar-refractivity contribution in [3.05, 3.63) is 222 Å². The van der Waals surface area contributed by atoms with E-state index in [0.29, 0.717) is 0 Å². The van der Waals surface area contributed by atoms with Crippen LogP contribution in [0.25, 0.3) is 66.4 Å². The van der Waals surface area contributed by atoms with Crippen LogP contribution >= 0.6 is 0 Å². The van der Waals surface area contributed by atoms with Gasteiger partial charge in [0.05, 0.1) is 17.1 Å². The molecule has 0 bridgehead atoms. The van der Waals surface area contributed by atoms with Crippen molar-refractivity contribution >= 4 is 27.8 Å². The van der Waals surface area contributed by atoms with Crippen LogP contribution in [0.2, 0.25) is 0 Å². The first kappa shape index (κ1) is 35.2. The van der Waals surface area contributed by atoms with Gasteiger partial charge < -0.3 is 4.90 Å². The first-order valence-electron chi connectivity index (χ1n) is 20.9. The second-order valence-electron chi connectivity index (χ2n) is 17.2. The lowest BCUT2D eigenvalue weighted by Gasteiger charge is -2.32. The molecule has 11 rings (SSSR count). The third kappa shape index (κ3) is 5.24. The summed E-state index contributed by atoms with van der Waals surface area (Å²) in [4.78, 5) is 2.58. The summed E-state index contributed by atoms with van der Waals surface area (Å²) in [7, 11) is 0. The Kier molecular flexibility index (Phi) is 7.94. The summed E-state index contributed by atoms with van der Waals surface area (Å²) in [5.41, 5.74) is 21.2. The fraction of sp³-hybridized carbons (Fsp3) is 0.103. The SMILES string of the molecule is CC1(C)c2ccccc2-c2c(-c3ccccc3N(c3ccccc3-c3cccc4cccc(-c5ccccc5)c34)c3cccc4c3-c3ccccc3C4(C)C)cccc21. The van der Waals surface area contributed by atoms with Crippen LogP contribution in [0.1, 0.15) is 49.9 Å². The van der Waals surface area contributed by atoms with Gasteiger partial charge >= 0.3 is 0 Å². The number of nitrogens with zero attached hydrogens (tertiary/aromatic N) is 1. The van der Waals surface area contributed by atoms with E-state index in [0.717, 1.165) is 11.4 Å². The number of fused-ring (bicyclic) bond motifs is 7. The molecule has 59 heavy (non-hydrogen) atoms. The molecule has 1 heteroatoms. The van der Waals surface area contributed by atoms with E-state index in [-0.39, 0.29) is 10.8 Å². The summed E-state index contributed by atoms with van der Waals surface area (Å²) in [6.45, 7) is 9.50. The van der Waals surface area contributed by atoms with Gasteiger partial charge in [-0.25, -0.2) is 0 Å². The van der Waals surface area contributed by atoms with E-state index < -0.39 is 0 Å². The van der Waals surface area contributed by atoms with E-state index in [4.69, 9.17) is 0 Å². The minimum Gasteiger partial charge on any atom is -0.309 e. The Bertz CT molecular complexity index is 3110. The monoisotopic (exact) mass is 755 g/mol. The number of benzene rings is 9. The maximum absolute atomic E-state index is 2.58. The number of rotatable bonds is 6. The standard InChI is InChI=1S/C58H45N/c1-57(2)47-31-12-8-26-45(47)55-44(30-18-33-49(55)57)42-25-11-15-36-52(42)59(53-37-19-34-50-56(53)46-27-9-13-32-48(46)58(50,3)4)51-35-14-10-24-41(51)43-29-17-23-39-22-16-28-40(54(39)43)38-20-6-5-7-21-38/h5-37H,1-4H3. The lowest BCUT2D eigenvalue weighted by molar-refractivity contribution is 0.660. The van der Waals surface area contributed by atoms with Crippen LogP contribution in [0.15, 0.2) is 200 Å². The zero-order valence-corrected chi connectivity index (χ0v) is 34.0. The molecule has 0 saturated carbocycles. The van der Waals surface area contributed by atoms with Crippen molar-refractivity contribution in [3.8, 4) is 55.6 Å². The molecule has 0 saturated heterocycles. The van der Waals surface area contributed by atoms with Gasteiger partial charge in [0.15, 0.2) is 0 Å². The number of anilines is 3. The molecule has 0 fully saturated rings. The van der Waals surface area contributed by atoms with Crippen molar-refractivity contribution in [2.75, 3.05) is 4.90 Å². The topological polar surface area (TPSA) is 3.24 Å². The highest BCUT2D eigenvalue weighted by Gasteiger charge is 2.40. The van der Waals surface area contributed by atoms with Crippen molar-refractivity contribution in [2.45, 2.75) is 38.5 Å². The van der Waals surface area contributed by atoms with Gasteiger partial charge in [0.25, 0.3) is 0 Å². The van der Waals surface area contributed by atoms with Crippen LogP contribution < -0.4 is 4.90 Å². The van der Waals surface area contributed by atoms with Crippen molar-refractivity contribution in [3.63, 3.8) is 0 Å². The predicted octanol–water partition coefficient (Wildman–Crippen LogP) is 15.9. The summed E-state index contributed by atoms with van der Waals surface area (Å²) < 4.78 is 0. The van der Waals surface area contributed by atoms with Crippen LogP contribution in [-0.4, -0.2) is 0 Å². The Morgan fingerprint density at radius 3 is 1.34 bits per heavy atom. The molecule has 0 heterocycles. The van der Waals surface area contributed by atoms with Crippen molar-refractivity contribution in [2.24, 2.45) is 0 Å². The Balaban J connectivity index is 1.24. The van der Waals surface area contributed by atoms with Crippen LogP contribution in [0, 0.1) is 0 Å². The van der Waals surface area contributed by atoms with Gasteiger partial charge in [-0.3, -0.25) is 0 Å². The number of hydrogen-bond acceptors (Lipinski definition) is 1. The molecule has 9 aromatic carbocycles. The van der Waals surface area contributed by atoms with Gasteiger partial charge in [-0.15, -0.1) is 0 Å². The lowest BCUT2D eigenvalue weighted by atomic mass is 9.82. The van der Waals surface area contributed by atoms with Crippen LogP contribution in [-0.2, 0) is 10.8 Å². The number of para-hydroxylation sites is 2. The summed E-state index contributed by atoms with van der Waals surface area (Å²) >= 11 is 0. The molecule has 0 spiro atoms. The van der Waals surface area contributed by atoms with Gasteiger partial charge in [0.1, 0.15) is 0 Å². The molecular weight excluding hydrogens is 711 g/mol. The Hall–Kier alpha value is -6.96. The van der Waals surface area contributed by atoms with Gasteiger partial charge in [-0.2, -0.15) is 0 Å². The predicted molar refractivity (Wildman–Crippen MR) is 250 cm³/mol. The average Bonchev–Trinajstić information content (AvgIpc) is 3.67. The Labute approximate surface area is 347 Å². The molecular formula is C58H45N. The van der Waals surface area contributed by atoms with Gasteiger partial charge in [0.2, 0.25) is 0 Å². The van der Waals surface area contributed by atoms with E-state index in [2.05, 4.69) is 233 Å². The third-order valence-electron chi connectivity index (χ3n) is 13.3. The highest BCUT2D eigenvalue weighted by molar-refractivity contribution is 6.10. The summed E-state index contributed by atoms with van der Waals surface area (Å²) in [6, 6.07) is 74.4. The number of hydrogen-bond donors (Lipinski definition) is 0. The first-order valence-corrected chi connectivity index (χ1v) is 20.9. The molecule has 0 radical (unpaired) electrons. The molecule has 282 valence electrons. The fourth-order valence-electron chi connectivity index (χ4n) is 10.5. The second kappa shape index (κ2) is 13.3. The average molecular weight is 756 g/mol. The molecule has 0 aliphatic heterocycles. The maximum Gasteiger partial charge on any atom is 0.0543 e. The molecule has 0 atom stereocenters. The highest BCUT2D eigenvalue weighted by atomic mass is 15.2. The van der Waals surface area contributed by atoms with E-state index in [1.165, 1.54) is 94.3 Å². The van der Waals surface area contributed by atoms with E-state index >= 15 is 0 Å². The zero-order chi connectivity index (χ0) is 39.9. The van der Waals surface area contributed by atoms with Crippen LogP contribution in [0.3, 0.4) is 0 Å². The van der Waals surface area contributed by atoms with Crippen molar-refractivity contribution < 1.29 is 0 Å². The second-order valence-corrected chi connectivity index (χ2v) is 17.2. The molecule has 0 N–H and O–H groups in total. The van der Waals surface area contributed by atoms with Crippen molar-refractivity contribution in [1.29, 1.82) is 0 Å². The summed E-state index contributed by atoms with van der Waals surface area (Å²) in [6.07, 6.45) is 0. The maximum atomic E-state index is 2.58. The van der Waals surface area contributed by atoms with E-state index in [9.17, 15) is 0 Å². The highest BCUT2D eigenvalue weighted by Crippen LogP contribution is 2.58.